The van der Waals surface area contributed by atoms with Crippen LogP contribution in [0.1, 0.15) is 22.0 Å². The molecule has 2 heterocycles. The van der Waals surface area contributed by atoms with E-state index < -0.39 is 11.7 Å². The molecule has 0 saturated carbocycles. The summed E-state index contributed by atoms with van der Waals surface area (Å²) in [6.45, 7) is 2.07. The Balaban J connectivity index is 1.88. The van der Waals surface area contributed by atoms with Gasteiger partial charge in [0, 0.05) is 19.3 Å². The zero-order valence-electron chi connectivity index (χ0n) is 11.3. The molecule has 110 valence electrons. The van der Waals surface area contributed by atoms with E-state index in [9.17, 15) is 9.18 Å². The van der Waals surface area contributed by atoms with Crippen molar-refractivity contribution >= 4 is 5.91 Å². The van der Waals surface area contributed by atoms with E-state index in [1.54, 1.807) is 12.1 Å². The number of hydrogen-bond acceptors (Lipinski definition) is 4. The lowest BCUT2D eigenvalue weighted by molar-refractivity contribution is 0.0275. The summed E-state index contributed by atoms with van der Waals surface area (Å²) in [7, 11) is 0. The number of carbonyl (C=O) groups is 1. The van der Waals surface area contributed by atoms with Crippen LogP contribution in [0.4, 0.5) is 4.39 Å². The average Bonchev–Trinajstić information content (AvgIpc) is 2.98. The molecule has 1 aromatic heterocycles. The summed E-state index contributed by atoms with van der Waals surface area (Å²) in [5.74, 6) is -1.03. The number of nitrogens with zero attached hydrogens (tertiary/aromatic N) is 2. The maximum Gasteiger partial charge on any atom is 0.251 e. The second-order valence-electron chi connectivity index (χ2n) is 4.81. The third-order valence-electron chi connectivity index (χ3n) is 3.39. The van der Waals surface area contributed by atoms with Crippen LogP contribution in [0.2, 0.25) is 0 Å². The molecule has 0 aliphatic carbocycles. The summed E-state index contributed by atoms with van der Waals surface area (Å²) in [6, 6.07) is 4.83. The quantitative estimate of drug-likeness (QED) is 0.875. The standard InChI is InChI=1S/C14H15FN4O2/c15-11-5-9(13-7-17-3-4-21-13)1-2-12(11)19-8-10(6-18-19)14(16)20/h1-2,5-6,8,13,17H,3-4,7H2,(H2,16,20). The molecule has 3 rings (SSSR count). The molecule has 1 unspecified atom stereocenters. The van der Waals surface area contributed by atoms with Gasteiger partial charge in [0.2, 0.25) is 0 Å². The SMILES string of the molecule is NC(=O)c1cnn(-c2ccc(C3CNCCO3)cc2F)c1. The van der Waals surface area contributed by atoms with Crippen LogP contribution in [0.25, 0.3) is 5.69 Å². The Morgan fingerprint density at radius 1 is 1.52 bits per heavy atom. The van der Waals surface area contributed by atoms with Gasteiger partial charge in [0.25, 0.3) is 5.91 Å². The molecule has 1 aliphatic rings. The molecule has 1 aromatic carbocycles. The number of halogens is 1. The maximum atomic E-state index is 14.2. The van der Waals surface area contributed by atoms with Gasteiger partial charge in [0.05, 0.1) is 24.5 Å². The Morgan fingerprint density at radius 3 is 3.00 bits per heavy atom. The molecule has 0 bridgehead atoms. The highest BCUT2D eigenvalue weighted by molar-refractivity contribution is 5.92. The van der Waals surface area contributed by atoms with E-state index in [2.05, 4.69) is 10.4 Å². The lowest BCUT2D eigenvalue weighted by atomic mass is 10.1. The number of hydrogen-bond donors (Lipinski definition) is 2. The van der Waals surface area contributed by atoms with Gasteiger partial charge < -0.3 is 15.8 Å². The number of benzene rings is 1. The van der Waals surface area contributed by atoms with Crippen LogP contribution in [0.3, 0.4) is 0 Å². The topological polar surface area (TPSA) is 82.2 Å². The third kappa shape index (κ3) is 2.79. The van der Waals surface area contributed by atoms with Crippen LogP contribution in [-0.2, 0) is 4.74 Å². The van der Waals surface area contributed by atoms with Crippen LogP contribution in [0.5, 0.6) is 0 Å². The van der Waals surface area contributed by atoms with E-state index in [1.807, 2.05) is 0 Å². The Morgan fingerprint density at radius 2 is 2.38 bits per heavy atom. The number of rotatable bonds is 3. The summed E-state index contributed by atoms with van der Waals surface area (Å²) in [5, 5.41) is 7.14. The minimum Gasteiger partial charge on any atom is -0.371 e. The third-order valence-corrected chi connectivity index (χ3v) is 3.39. The molecule has 0 radical (unpaired) electrons. The van der Waals surface area contributed by atoms with E-state index in [4.69, 9.17) is 10.5 Å². The molecule has 6 nitrogen and oxygen atoms in total. The van der Waals surface area contributed by atoms with Crippen molar-refractivity contribution in [2.45, 2.75) is 6.10 Å². The van der Waals surface area contributed by atoms with Crippen molar-refractivity contribution in [1.29, 1.82) is 0 Å². The molecular formula is C14H15FN4O2. The fraction of sp³-hybridized carbons (Fsp3) is 0.286. The van der Waals surface area contributed by atoms with E-state index in [0.717, 1.165) is 12.1 Å². The fourth-order valence-corrected chi connectivity index (χ4v) is 2.27. The zero-order chi connectivity index (χ0) is 14.8. The van der Waals surface area contributed by atoms with Gasteiger partial charge in [-0.05, 0) is 17.7 Å². The summed E-state index contributed by atoms with van der Waals surface area (Å²) in [4.78, 5) is 11.0. The van der Waals surface area contributed by atoms with Crippen LogP contribution in [0.15, 0.2) is 30.6 Å². The van der Waals surface area contributed by atoms with E-state index >= 15 is 0 Å². The number of morpholine rings is 1. The van der Waals surface area contributed by atoms with Crippen molar-refractivity contribution in [1.82, 2.24) is 15.1 Å². The van der Waals surface area contributed by atoms with E-state index in [-0.39, 0.29) is 17.4 Å². The Hall–Kier alpha value is -2.25. The first-order valence-electron chi connectivity index (χ1n) is 6.62. The van der Waals surface area contributed by atoms with Crippen molar-refractivity contribution < 1.29 is 13.9 Å². The van der Waals surface area contributed by atoms with Gasteiger partial charge in [-0.15, -0.1) is 0 Å². The number of amides is 1. The molecule has 1 atom stereocenters. The Kier molecular flexibility index (Phi) is 3.68. The van der Waals surface area contributed by atoms with Gasteiger partial charge in [0.15, 0.2) is 0 Å². The van der Waals surface area contributed by atoms with Crippen LogP contribution >= 0.6 is 0 Å². The number of nitrogens with one attached hydrogen (secondary N) is 1. The second kappa shape index (κ2) is 5.63. The Labute approximate surface area is 120 Å². The van der Waals surface area contributed by atoms with Crippen LogP contribution in [-0.4, -0.2) is 35.4 Å². The first kappa shape index (κ1) is 13.7. The summed E-state index contributed by atoms with van der Waals surface area (Å²) < 4.78 is 21.1. The minimum atomic E-state index is -0.597. The zero-order valence-corrected chi connectivity index (χ0v) is 11.3. The van der Waals surface area contributed by atoms with Crippen molar-refractivity contribution in [2.24, 2.45) is 5.73 Å². The van der Waals surface area contributed by atoms with E-state index in [0.29, 0.717) is 13.2 Å². The lowest BCUT2D eigenvalue weighted by Crippen LogP contribution is -2.33. The average molecular weight is 290 g/mol. The molecule has 3 N–H and O–H groups in total. The highest BCUT2D eigenvalue weighted by Crippen LogP contribution is 2.23. The fourth-order valence-electron chi connectivity index (χ4n) is 2.27. The van der Waals surface area contributed by atoms with Gasteiger partial charge in [-0.3, -0.25) is 4.79 Å². The number of carbonyl (C=O) groups excluding carboxylic acids is 1. The number of nitrogens with two attached hydrogens (primary N) is 1. The van der Waals surface area contributed by atoms with Crippen molar-refractivity contribution in [3.8, 4) is 5.69 Å². The smallest absolute Gasteiger partial charge is 0.251 e. The molecule has 1 saturated heterocycles. The predicted octanol–water partition coefficient (Wildman–Crippen LogP) is 0.771. The van der Waals surface area contributed by atoms with Crippen LogP contribution < -0.4 is 11.1 Å². The molecule has 1 fully saturated rings. The van der Waals surface area contributed by atoms with Crippen LogP contribution in [0, 0.1) is 5.82 Å². The molecule has 0 spiro atoms. The monoisotopic (exact) mass is 290 g/mol. The molecule has 1 amide bonds. The van der Waals surface area contributed by atoms with Crippen molar-refractivity contribution in [3.05, 3.63) is 47.5 Å². The van der Waals surface area contributed by atoms with Gasteiger partial charge in [0.1, 0.15) is 11.5 Å². The first-order chi connectivity index (χ1) is 10.1. The van der Waals surface area contributed by atoms with Gasteiger partial charge >= 0.3 is 0 Å². The predicted molar refractivity (Wildman–Crippen MR) is 73.6 cm³/mol. The number of ether oxygens (including phenoxy) is 1. The Bertz CT molecular complexity index is 665. The minimum absolute atomic E-state index is 0.152. The van der Waals surface area contributed by atoms with Gasteiger partial charge in [-0.2, -0.15) is 5.10 Å². The highest BCUT2D eigenvalue weighted by atomic mass is 19.1. The number of aromatic nitrogens is 2. The largest absolute Gasteiger partial charge is 0.371 e. The highest BCUT2D eigenvalue weighted by Gasteiger charge is 2.18. The van der Waals surface area contributed by atoms with Crippen molar-refractivity contribution in [3.63, 3.8) is 0 Å². The van der Waals surface area contributed by atoms with Gasteiger partial charge in [-0.25, -0.2) is 9.07 Å². The maximum absolute atomic E-state index is 14.2. The normalized spacial score (nSPS) is 18.6. The lowest BCUT2D eigenvalue weighted by Gasteiger charge is -2.24. The van der Waals surface area contributed by atoms with E-state index in [1.165, 1.54) is 23.1 Å². The number of primary amides is 1. The second-order valence-corrected chi connectivity index (χ2v) is 4.81. The van der Waals surface area contributed by atoms with Gasteiger partial charge in [-0.1, -0.05) is 6.07 Å². The molecule has 1 aliphatic heterocycles. The summed E-state index contributed by atoms with van der Waals surface area (Å²) in [6.07, 6.45) is 2.56. The summed E-state index contributed by atoms with van der Waals surface area (Å²) >= 11 is 0. The molecule has 2 aromatic rings. The summed E-state index contributed by atoms with van der Waals surface area (Å²) in [5.41, 5.74) is 6.42. The molecule has 7 heteroatoms. The molecule has 21 heavy (non-hydrogen) atoms. The first-order valence-corrected chi connectivity index (χ1v) is 6.62. The molecular weight excluding hydrogens is 275 g/mol. The van der Waals surface area contributed by atoms with Crippen molar-refractivity contribution in [2.75, 3.05) is 19.7 Å².